The molecule has 0 spiro atoms. The van der Waals surface area contributed by atoms with Gasteiger partial charge in [0.25, 0.3) is 5.41 Å². The fourth-order valence-corrected chi connectivity index (χ4v) is 2.16. The lowest BCUT2D eigenvalue weighted by Crippen LogP contribution is -2.48. The summed E-state index contributed by atoms with van der Waals surface area (Å²) in [5.41, 5.74) is -1.77. The Kier molecular flexibility index (Phi) is 4.44. The van der Waals surface area contributed by atoms with Gasteiger partial charge in [0.15, 0.2) is 0 Å². The Morgan fingerprint density at radius 2 is 1.52 bits per heavy atom. The van der Waals surface area contributed by atoms with Crippen LogP contribution in [0, 0.1) is 5.41 Å². The number of nitrogens with zero attached hydrogens (tertiary/aromatic N) is 2. The largest absolute Gasteiger partial charge is 0.480 e. The van der Waals surface area contributed by atoms with Gasteiger partial charge in [0.05, 0.1) is 12.7 Å². The van der Waals surface area contributed by atoms with Crippen molar-refractivity contribution in [3.05, 3.63) is 53.9 Å². The van der Waals surface area contributed by atoms with Crippen LogP contribution in [0.25, 0.3) is 0 Å². The first-order chi connectivity index (χ1) is 10.9. The minimum atomic E-state index is -2.93. The van der Waals surface area contributed by atoms with Crippen molar-refractivity contribution >= 4 is 17.9 Å². The van der Waals surface area contributed by atoms with Gasteiger partial charge in [0, 0.05) is 12.6 Å². The summed E-state index contributed by atoms with van der Waals surface area (Å²) >= 11 is 0. The Balaban J connectivity index is 2.24. The van der Waals surface area contributed by atoms with E-state index < -0.39 is 29.7 Å². The van der Waals surface area contributed by atoms with E-state index in [0.717, 1.165) is 5.56 Å². The summed E-state index contributed by atoms with van der Waals surface area (Å²) in [4.78, 5) is 33.7. The third kappa shape index (κ3) is 3.20. The van der Waals surface area contributed by atoms with Crippen molar-refractivity contribution in [2.24, 2.45) is 5.41 Å². The van der Waals surface area contributed by atoms with E-state index in [9.17, 15) is 14.4 Å². The SMILES string of the molecule is O=C(O)C(Cc1cnn(Cc2ccccc2)c1)(C(=O)O)C(=O)O. The van der Waals surface area contributed by atoms with E-state index in [-0.39, 0.29) is 5.56 Å². The van der Waals surface area contributed by atoms with Crippen molar-refractivity contribution in [1.29, 1.82) is 0 Å². The van der Waals surface area contributed by atoms with Gasteiger partial charge in [0.1, 0.15) is 0 Å². The van der Waals surface area contributed by atoms with Crippen LogP contribution in [0.4, 0.5) is 0 Å². The second-order valence-corrected chi connectivity index (χ2v) is 5.03. The van der Waals surface area contributed by atoms with Crippen molar-refractivity contribution in [3.63, 3.8) is 0 Å². The molecule has 8 nitrogen and oxygen atoms in total. The molecule has 0 aliphatic heterocycles. The number of aliphatic carboxylic acids is 3. The number of benzene rings is 1. The van der Waals surface area contributed by atoms with Gasteiger partial charge in [-0.1, -0.05) is 30.3 Å². The van der Waals surface area contributed by atoms with Crippen molar-refractivity contribution in [2.75, 3.05) is 0 Å². The Bertz CT molecular complexity index is 701. The van der Waals surface area contributed by atoms with Gasteiger partial charge >= 0.3 is 17.9 Å². The maximum absolute atomic E-state index is 11.2. The number of rotatable bonds is 7. The third-order valence-electron chi connectivity index (χ3n) is 3.44. The van der Waals surface area contributed by atoms with Crippen LogP contribution in [-0.2, 0) is 27.3 Å². The van der Waals surface area contributed by atoms with Crippen LogP contribution in [0.2, 0.25) is 0 Å². The van der Waals surface area contributed by atoms with Gasteiger partial charge in [-0.2, -0.15) is 5.10 Å². The summed E-state index contributed by atoms with van der Waals surface area (Å²) < 4.78 is 1.49. The molecule has 0 bridgehead atoms. The number of hydrogen-bond acceptors (Lipinski definition) is 4. The second kappa shape index (κ2) is 6.30. The molecule has 1 aromatic carbocycles. The number of carbonyl (C=O) groups is 3. The summed E-state index contributed by atoms with van der Waals surface area (Å²) in [7, 11) is 0. The first-order valence-corrected chi connectivity index (χ1v) is 6.61. The highest BCUT2D eigenvalue weighted by molar-refractivity contribution is 6.16. The van der Waals surface area contributed by atoms with Crippen molar-refractivity contribution < 1.29 is 29.7 Å². The number of carboxylic acids is 3. The molecule has 2 rings (SSSR count). The molecular weight excluding hydrogens is 304 g/mol. The molecule has 3 N–H and O–H groups in total. The quantitative estimate of drug-likeness (QED) is 0.641. The number of hydrogen-bond donors (Lipinski definition) is 3. The summed E-state index contributed by atoms with van der Waals surface area (Å²) in [6.45, 7) is 0.404. The molecule has 0 radical (unpaired) electrons. The van der Waals surface area contributed by atoms with Gasteiger partial charge in [-0.3, -0.25) is 19.1 Å². The highest BCUT2D eigenvalue weighted by Crippen LogP contribution is 2.25. The van der Waals surface area contributed by atoms with Gasteiger partial charge in [0.2, 0.25) is 0 Å². The van der Waals surface area contributed by atoms with Crippen LogP contribution >= 0.6 is 0 Å². The Morgan fingerprint density at radius 3 is 2.04 bits per heavy atom. The van der Waals surface area contributed by atoms with Crippen LogP contribution in [0.3, 0.4) is 0 Å². The van der Waals surface area contributed by atoms with E-state index in [1.165, 1.54) is 17.1 Å². The molecule has 0 atom stereocenters. The van der Waals surface area contributed by atoms with Gasteiger partial charge in [-0.05, 0) is 11.1 Å². The molecule has 0 saturated heterocycles. The molecule has 0 unspecified atom stereocenters. The molecule has 2 aromatic rings. The van der Waals surface area contributed by atoms with Crippen molar-refractivity contribution in [1.82, 2.24) is 9.78 Å². The van der Waals surface area contributed by atoms with Crippen LogP contribution in [0.1, 0.15) is 11.1 Å². The molecular formula is C15H14N2O6. The first kappa shape index (κ1) is 16.2. The molecule has 120 valence electrons. The fraction of sp³-hybridized carbons (Fsp3) is 0.200. The second-order valence-electron chi connectivity index (χ2n) is 5.03. The maximum Gasteiger partial charge on any atom is 0.333 e. The van der Waals surface area contributed by atoms with E-state index in [1.807, 2.05) is 30.3 Å². The summed E-state index contributed by atoms with van der Waals surface area (Å²) in [6, 6.07) is 9.31. The number of aromatic nitrogens is 2. The Hall–Kier alpha value is -3.16. The fourth-order valence-electron chi connectivity index (χ4n) is 2.16. The van der Waals surface area contributed by atoms with E-state index in [0.29, 0.717) is 6.54 Å². The maximum atomic E-state index is 11.2. The lowest BCUT2D eigenvalue weighted by molar-refractivity contribution is -0.175. The molecule has 0 saturated carbocycles. The summed E-state index contributed by atoms with van der Waals surface area (Å²) in [5, 5.41) is 31.2. The van der Waals surface area contributed by atoms with E-state index in [4.69, 9.17) is 15.3 Å². The van der Waals surface area contributed by atoms with Crippen LogP contribution in [0.5, 0.6) is 0 Å². The van der Waals surface area contributed by atoms with Crippen molar-refractivity contribution in [2.45, 2.75) is 13.0 Å². The topological polar surface area (TPSA) is 130 Å². The molecule has 23 heavy (non-hydrogen) atoms. The van der Waals surface area contributed by atoms with E-state index >= 15 is 0 Å². The van der Waals surface area contributed by atoms with Crippen LogP contribution in [-0.4, -0.2) is 43.0 Å². The zero-order chi connectivity index (χ0) is 17.0. The van der Waals surface area contributed by atoms with Crippen LogP contribution < -0.4 is 0 Å². The minimum Gasteiger partial charge on any atom is -0.480 e. The van der Waals surface area contributed by atoms with Crippen molar-refractivity contribution in [3.8, 4) is 0 Å². The van der Waals surface area contributed by atoms with Gasteiger partial charge in [-0.25, -0.2) is 0 Å². The van der Waals surface area contributed by atoms with E-state index in [1.54, 1.807) is 0 Å². The predicted molar refractivity (Wildman–Crippen MR) is 76.8 cm³/mol. The van der Waals surface area contributed by atoms with Gasteiger partial charge in [-0.15, -0.1) is 0 Å². The number of carboxylic acid groups (broad SMARTS) is 3. The van der Waals surface area contributed by atoms with E-state index in [2.05, 4.69) is 5.10 Å². The first-order valence-electron chi connectivity index (χ1n) is 6.61. The molecule has 0 fully saturated rings. The average Bonchev–Trinajstić information content (AvgIpc) is 2.91. The highest BCUT2D eigenvalue weighted by atomic mass is 16.4. The lowest BCUT2D eigenvalue weighted by atomic mass is 9.82. The molecule has 0 aliphatic rings. The smallest absolute Gasteiger partial charge is 0.333 e. The Morgan fingerprint density at radius 1 is 0.957 bits per heavy atom. The lowest BCUT2D eigenvalue weighted by Gasteiger charge is -2.18. The normalized spacial score (nSPS) is 11.1. The zero-order valence-electron chi connectivity index (χ0n) is 11.9. The van der Waals surface area contributed by atoms with Crippen LogP contribution in [0.15, 0.2) is 42.7 Å². The summed E-state index contributed by atoms with van der Waals surface area (Å²) in [6.07, 6.45) is 2.02. The molecule has 0 amide bonds. The average molecular weight is 318 g/mol. The Labute approximate surface area is 130 Å². The highest BCUT2D eigenvalue weighted by Gasteiger charge is 2.54. The zero-order valence-corrected chi connectivity index (χ0v) is 11.9. The van der Waals surface area contributed by atoms with Gasteiger partial charge < -0.3 is 15.3 Å². The summed E-state index contributed by atoms with van der Waals surface area (Å²) in [5.74, 6) is -5.77. The third-order valence-corrected chi connectivity index (χ3v) is 3.44. The monoisotopic (exact) mass is 318 g/mol. The predicted octanol–water partition coefficient (Wildman–Crippen LogP) is 0.714. The molecule has 8 heteroatoms. The minimum absolute atomic E-state index is 0.216. The molecule has 1 heterocycles. The molecule has 0 aliphatic carbocycles. The standard InChI is InChI=1S/C15H14N2O6/c18-12(19)15(13(20)21,14(22)23)6-11-7-16-17(9-11)8-10-4-2-1-3-5-10/h1-5,7,9H,6,8H2,(H,18,19)(H,20,21)(H,22,23). The molecule has 1 aromatic heterocycles.